The lowest BCUT2D eigenvalue weighted by atomic mass is 10.1. The van der Waals surface area contributed by atoms with E-state index in [2.05, 4.69) is 40.5 Å². The van der Waals surface area contributed by atoms with E-state index in [1.165, 1.54) is 16.7 Å². The van der Waals surface area contributed by atoms with Crippen molar-refractivity contribution in [2.24, 2.45) is 0 Å². The number of fused-ring (bicyclic) bond motifs is 1. The van der Waals surface area contributed by atoms with Gasteiger partial charge in [0.25, 0.3) is 5.91 Å². The van der Waals surface area contributed by atoms with E-state index < -0.39 is 0 Å². The van der Waals surface area contributed by atoms with Crippen LogP contribution in [0.2, 0.25) is 0 Å². The molecule has 1 amide bonds. The molecule has 3 rings (SSSR count). The predicted octanol–water partition coefficient (Wildman–Crippen LogP) is 3.21. The van der Waals surface area contributed by atoms with E-state index in [4.69, 9.17) is 6.42 Å². The molecule has 1 heterocycles. The Morgan fingerprint density at radius 3 is 2.81 bits per heavy atom. The van der Waals surface area contributed by atoms with Gasteiger partial charge in [-0.3, -0.25) is 4.79 Å². The van der Waals surface area contributed by atoms with Gasteiger partial charge in [0.1, 0.15) is 5.69 Å². The van der Waals surface area contributed by atoms with Gasteiger partial charge in [-0.25, -0.2) is 4.98 Å². The number of nitrogens with one attached hydrogen (secondary N) is 1. The fourth-order valence-corrected chi connectivity index (χ4v) is 2.67. The van der Waals surface area contributed by atoms with Crippen LogP contribution in [0, 0.1) is 12.3 Å². The number of aromatic nitrogens is 1. The molecule has 102 valence electrons. The minimum absolute atomic E-state index is 0.207. The standard InChI is InChI=1S/C17H12N2OS/c1-2-16-19-15(11-21-16)17(20)18-10-12-7-8-13-5-3-4-6-14(13)9-12/h1,3-9,11H,10H2,(H,18,20). The molecule has 0 atom stereocenters. The summed E-state index contributed by atoms with van der Waals surface area (Å²) in [4.78, 5) is 16.0. The summed E-state index contributed by atoms with van der Waals surface area (Å²) in [5, 5.41) is 7.39. The van der Waals surface area contributed by atoms with Crippen molar-refractivity contribution in [1.82, 2.24) is 10.3 Å². The van der Waals surface area contributed by atoms with Crippen molar-refractivity contribution in [2.45, 2.75) is 6.54 Å². The van der Waals surface area contributed by atoms with Crippen molar-refractivity contribution in [3.63, 3.8) is 0 Å². The molecule has 0 aliphatic carbocycles. The summed E-state index contributed by atoms with van der Waals surface area (Å²) in [5.41, 5.74) is 1.42. The van der Waals surface area contributed by atoms with E-state index in [0.717, 1.165) is 10.9 Å². The average molecular weight is 292 g/mol. The topological polar surface area (TPSA) is 42.0 Å². The summed E-state index contributed by atoms with van der Waals surface area (Å²) in [6, 6.07) is 14.3. The molecule has 0 saturated carbocycles. The predicted molar refractivity (Wildman–Crippen MR) is 85.2 cm³/mol. The Morgan fingerprint density at radius 1 is 1.24 bits per heavy atom. The van der Waals surface area contributed by atoms with Crippen LogP contribution in [0.25, 0.3) is 10.8 Å². The molecule has 0 spiro atoms. The van der Waals surface area contributed by atoms with Crippen LogP contribution in [0.15, 0.2) is 47.8 Å². The Labute approximate surface area is 126 Å². The number of thiazole rings is 1. The number of amides is 1. The van der Waals surface area contributed by atoms with Crippen molar-refractivity contribution >= 4 is 28.0 Å². The molecule has 2 aromatic carbocycles. The molecule has 0 saturated heterocycles. The van der Waals surface area contributed by atoms with Crippen molar-refractivity contribution in [2.75, 3.05) is 0 Å². The van der Waals surface area contributed by atoms with E-state index in [9.17, 15) is 4.79 Å². The first-order valence-corrected chi connectivity index (χ1v) is 7.32. The smallest absolute Gasteiger partial charge is 0.271 e. The first-order valence-electron chi connectivity index (χ1n) is 6.44. The number of carbonyl (C=O) groups excluding carboxylic acids is 1. The largest absolute Gasteiger partial charge is 0.347 e. The zero-order chi connectivity index (χ0) is 14.7. The molecule has 0 fully saturated rings. The SMILES string of the molecule is C#Cc1nc(C(=O)NCc2ccc3ccccc3c2)cs1. The Morgan fingerprint density at radius 2 is 2.05 bits per heavy atom. The van der Waals surface area contributed by atoms with E-state index >= 15 is 0 Å². The minimum atomic E-state index is -0.207. The molecule has 1 N–H and O–H groups in total. The zero-order valence-electron chi connectivity index (χ0n) is 11.2. The highest BCUT2D eigenvalue weighted by Crippen LogP contribution is 2.15. The molecule has 0 aliphatic rings. The summed E-state index contributed by atoms with van der Waals surface area (Å²) in [7, 11) is 0. The number of hydrogen-bond donors (Lipinski definition) is 1. The molecule has 3 nitrogen and oxygen atoms in total. The maximum atomic E-state index is 12.0. The third-order valence-corrected chi connectivity index (χ3v) is 3.90. The van der Waals surface area contributed by atoms with E-state index in [-0.39, 0.29) is 5.91 Å². The van der Waals surface area contributed by atoms with Crippen molar-refractivity contribution in [3.8, 4) is 12.3 Å². The first kappa shape index (κ1) is 13.3. The Balaban J connectivity index is 1.71. The van der Waals surface area contributed by atoms with Gasteiger partial charge in [0.2, 0.25) is 0 Å². The molecule has 0 radical (unpaired) electrons. The van der Waals surface area contributed by atoms with Crippen LogP contribution in [0.5, 0.6) is 0 Å². The second-order valence-electron chi connectivity index (χ2n) is 4.55. The van der Waals surface area contributed by atoms with Crippen LogP contribution in [-0.4, -0.2) is 10.9 Å². The highest BCUT2D eigenvalue weighted by Gasteiger charge is 2.09. The fraction of sp³-hybridized carbons (Fsp3) is 0.0588. The van der Waals surface area contributed by atoms with Gasteiger partial charge < -0.3 is 5.32 Å². The van der Waals surface area contributed by atoms with Crippen LogP contribution >= 0.6 is 11.3 Å². The lowest BCUT2D eigenvalue weighted by molar-refractivity contribution is 0.0946. The number of nitrogens with zero attached hydrogens (tertiary/aromatic N) is 1. The van der Waals surface area contributed by atoms with Crippen LogP contribution in [0.3, 0.4) is 0 Å². The van der Waals surface area contributed by atoms with Crippen LogP contribution in [0.1, 0.15) is 21.1 Å². The highest BCUT2D eigenvalue weighted by molar-refractivity contribution is 7.10. The van der Waals surface area contributed by atoms with Gasteiger partial charge in [0, 0.05) is 11.9 Å². The van der Waals surface area contributed by atoms with Gasteiger partial charge in [0.15, 0.2) is 5.01 Å². The highest BCUT2D eigenvalue weighted by atomic mass is 32.1. The van der Waals surface area contributed by atoms with Gasteiger partial charge in [-0.2, -0.15) is 0 Å². The molecule has 4 heteroatoms. The molecule has 0 bridgehead atoms. The second kappa shape index (κ2) is 5.78. The lowest BCUT2D eigenvalue weighted by Crippen LogP contribution is -2.23. The van der Waals surface area contributed by atoms with Crippen LogP contribution < -0.4 is 5.32 Å². The third kappa shape index (κ3) is 2.93. The second-order valence-corrected chi connectivity index (χ2v) is 5.40. The average Bonchev–Trinajstić information content (AvgIpc) is 3.01. The zero-order valence-corrected chi connectivity index (χ0v) is 12.0. The fourth-order valence-electron chi connectivity index (χ4n) is 2.07. The summed E-state index contributed by atoms with van der Waals surface area (Å²) in [5.74, 6) is 2.22. The number of hydrogen-bond acceptors (Lipinski definition) is 3. The molecular weight excluding hydrogens is 280 g/mol. The van der Waals surface area contributed by atoms with Crippen molar-refractivity contribution < 1.29 is 4.79 Å². The molecular formula is C17H12N2OS. The molecule has 1 aromatic heterocycles. The number of terminal acetylenes is 1. The summed E-state index contributed by atoms with van der Waals surface area (Å²) < 4.78 is 0. The van der Waals surface area contributed by atoms with E-state index in [0.29, 0.717) is 17.2 Å². The summed E-state index contributed by atoms with van der Waals surface area (Å²) in [6.07, 6.45) is 5.25. The van der Waals surface area contributed by atoms with Gasteiger partial charge in [0.05, 0.1) is 0 Å². The van der Waals surface area contributed by atoms with Crippen molar-refractivity contribution in [1.29, 1.82) is 0 Å². The van der Waals surface area contributed by atoms with Gasteiger partial charge in [-0.1, -0.05) is 36.4 Å². The van der Waals surface area contributed by atoms with E-state index in [1.54, 1.807) is 5.38 Å². The normalized spacial score (nSPS) is 10.2. The van der Waals surface area contributed by atoms with Gasteiger partial charge >= 0.3 is 0 Å². The summed E-state index contributed by atoms with van der Waals surface area (Å²) >= 11 is 1.29. The molecule has 21 heavy (non-hydrogen) atoms. The monoisotopic (exact) mass is 292 g/mol. The molecule has 3 aromatic rings. The Bertz CT molecular complexity index is 845. The molecule has 0 aliphatic heterocycles. The van der Waals surface area contributed by atoms with Gasteiger partial charge in [-0.05, 0) is 28.3 Å². The number of benzene rings is 2. The minimum Gasteiger partial charge on any atom is -0.347 e. The Hall–Kier alpha value is -2.64. The quantitative estimate of drug-likeness (QED) is 0.753. The first-order chi connectivity index (χ1) is 10.3. The van der Waals surface area contributed by atoms with Crippen LogP contribution in [-0.2, 0) is 6.54 Å². The summed E-state index contributed by atoms with van der Waals surface area (Å²) in [6.45, 7) is 0.465. The third-order valence-electron chi connectivity index (χ3n) is 3.13. The number of rotatable bonds is 3. The Kier molecular flexibility index (Phi) is 3.67. The molecule has 0 unspecified atom stereocenters. The lowest BCUT2D eigenvalue weighted by Gasteiger charge is -2.05. The van der Waals surface area contributed by atoms with E-state index in [1.807, 2.05) is 18.2 Å². The van der Waals surface area contributed by atoms with Crippen molar-refractivity contribution in [3.05, 3.63) is 64.1 Å². The maximum Gasteiger partial charge on any atom is 0.271 e. The number of carbonyl (C=O) groups is 1. The van der Waals surface area contributed by atoms with Gasteiger partial charge in [-0.15, -0.1) is 17.8 Å². The van der Waals surface area contributed by atoms with Crippen LogP contribution in [0.4, 0.5) is 0 Å². The maximum absolute atomic E-state index is 12.0.